The maximum absolute atomic E-state index is 4.71. The summed E-state index contributed by atoms with van der Waals surface area (Å²) in [6.45, 7) is 2.17. The van der Waals surface area contributed by atoms with Crippen LogP contribution in [-0.2, 0) is 19.2 Å². The zero-order valence-electron chi connectivity index (χ0n) is 12.0. The van der Waals surface area contributed by atoms with Crippen molar-refractivity contribution >= 4 is 23.1 Å². The van der Waals surface area contributed by atoms with Crippen molar-refractivity contribution in [2.24, 2.45) is 7.05 Å². The lowest BCUT2D eigenvalue weighted by Gasteiger charge is -1.99. The van der Waals surface area contributed by atoms with Crippen molar-refractivity contribution in [1.82, 2.24) is 19.7 Å². The summed E-state index contributed by atoms with van der Waals surface area (Å²) in [7, 11) is 1.95. The molecule has 4 nitrogen and oxygen atoms in total. The van der Waals surface area contributed by atoms with Gasteiger partial charge in [-0.05, 0) is 12.0 Å². The molecular weight excluding hydrogens is 300 g/mol. The minimum absolute atomic E-state index is 0.816. The van der Waals surface area contributed by atoms with Crippen LogP contribution >= 0.6 is 23.1 Å². The Kier molecular flexibility index (Phi) is 4.36. The molecule has 0 amide bonds. The average Bonchev–Trinajstić information content (AvgIpc) is 3.14. The number of nitrogens with zero attached hydrogens (tertiary/aromatic N) is 4. The zero-order chi connectivity index (χ0) is 14.7. The molecule has 0 aliphatic carbocycles. The number of hydrogen-bond donors (Lipinski definition) is 0. The van der Waals surface area contributed by atoms with Crippen LogP contribution in [0.25, 0.3) is 10.6 Å². The van der Waals surface area contributed by atoms with E-state index in [4.69, 9.17) is 4.98 Å². The Morgan fingerprint density at radius 3 is 2.71 bits per heavy atom. The lowest BCUT2D eigenvalue weighted by molar-refractivity contribution is 0.788. The molecule has 21 heavy (non-hydrogen) atoms. The second kappa shape index (κ2) is 6.41. The first-order chi connectivity index (χ1) is 10.3. The first-order valence-electron chi connectivity index (χ1n) is 6.76. The van der Waals surface area contributed by atoms with Crippen molar-refractivity contribution in [3.63, 3.8) is 0 Å². The van der Waals surface area contributed by atoms with Crippen molar-refractivity contribution < 1.29 is 0 Å². The van der Waals surface area contributed by atoms with E-state index >= 15 is 0 Å². The van der Waals surface area contributed by atoms with Gasteiger partial charge in [-0.2, -0.15) is 0 Å². The third kappa shape index (κ3) is 3.33. The van der Waals surface area contributed by atoms with Crippen LogP contribution in [0.3, 0.4) is 0 Å². The van der Waals surface area contributed by atoms with Gasteiger partial charge < -0.3 is 4.57 Å². The maximum atomic E-state index is 4.71. The van der Waals surface area contributed by atoms with E-state index in [0.29, 0.717) is 0 Å². The lowest BCUT2D eigenvalue weighted by Crippen LogP contribution is -1.90. The summed E-state index contributed by atoms with van der Waals surface area (Å²) in [5, 5.41) is 12.1. The highest BCUT2D eigenvalue weighted by Crippen LogP contribution is 2.27. The summed E-state index contributed by atoms with van der Waals surface area (Å²) in [6.07, 6.45) is 2.78. The van der Waals surface area contributed by atoms with Crippen LogP contribution in [0.2, 0.25) is 0 Å². The highest BCUT2D eigenvalue weighted by molar-refractivity contribution is 7.98. The highest BCUT2D eigenvalue weighted by Gasteiger charge is 2.07. The van der Waals surface area contributed by atoms with Crippen molar-refractivity contribution in [2.75, 3.05) is 0 Å². The van der Waals surface area contributed by atoms with Gasteiger partial charge in [0, 0.05) is 23.7 Å². The molecule has 0 spiro atoms. The first-order valence-corrected chi connectivity index (χ1v) is 8.63. The van der Waals surface area contributed by atoms with Crippen molar-refractivity contribution in [3.8, 4) is 10.6 Å². The van der Waals surface area contributed by atoms with Gasteiger partial charge in [0.15, 0.2) is 5.16 Å². The number of rotatable bonds is 5. The molecule has 0 saturated heterocycles. The Hall–Kier alpha value is -1.66. The van der Waals surface area contributed by atoms with Crippen LogP contribution in [0.4, 0.5) is 0 Å². The van der Waals surface area contributed by atoms with Gasteiger partial charge in [0.2, 0.25) is 0 Å². The molecule has 0 bridgehead atoms. The van der Waals surface area contributed by atoms with Gasteiger partial charge in [-0.15, -0.1) is 21.5 Å². The summed E-state index contributed by atoms with van der Waals surface area (Å²) in [6, 6.07) is 8.64. The molecule has 0 saturated carbocycles. The fraction of sp³-hybridized carbons (Fsp3) is 0.267. The molecule has 6 heteroatoms. The summed E-state index contributed by atoms with van der Waals surface area (Å²) >= 11 is 3.35. The lowest BCUT2D eigenvalue weighted by atomic mass is 10.1. The molecule has 3 aromatic rings. The molecule has 0 unspecified atom stereocenters. The van der Waals surface area contributed by atoms with Gasteiger partial charge >= 0.3 is 0 Å². The minimum atomic E-state index is 0.816. The standard InChI is InChI=1S/C15H16N4S2/c1-3-11-4-6-12(7-5-11)14-17-13(8-20-14)9-21-15-18-16-10-19(15)2/h4-8,10H,3,9H2,1-2H3. The van der Waals surface area contributed by atoms with E-state index < -0.39 is 0 Å². The topological polar surface area (TPSA) is 43.6 Å². The Balaban J connectivity index is 1.69. The highest BCUT2D eigenvalue weighted by atomic mass is 32.2. The minimum Gasteiger partial charge on any atom is -0.312 e. The molecule has 2 heterocycles. The molecule has 0 aliphatic heterocycles. The van der Waals surface area contributed by atoms with E-state index in [9.17, 15) is 0 Å². The van der Waals surface area contributed by atoms with Crippen LogP contribution in [0, 0.1) is 0 Å². The molecule has 3 rings (SSSR count). The number of hydrogen-bond acceptors (Lipinski definition) is 5. The predicted molar refractivity (Wildman–Crippen MR) is 87.5 cm³/mol. The van der Waals surface area contributed by atoms with Crippen LogP contribution < -0.4 is 0 Å². The number of benzene rings is 1. The van der Waals surface area contributed by atoms with Crippen LogP contribution in [-0.4, -0.2) is 19.7 Å². The Morgan fingerprint density at radius 1 is 1.24 bits per heavy atom. The normalized spacial score (nSPS) is 11.0. The van der Waals surface area contributed by atoms with Gasteiger partial charge in [0.25, 0.3) is 0 Å². The van der Waals surface area contributed by atoms with E-state index in [2.05, 4.69) is 46.8 Å². The quantitative estimate of drug-likeness (QED) is 0.672. The fourth-order valence-electron chi connectivity index (χ4n) is 1.93. The van der Waals surface area contributed by atoms with E-state index in [-0.39, 0.29) is 0 Å². The smallest absolute Gasteiger partial charge is 0.191 e. The molecule has 0 fully saturated rings. The molecule has 108 valence electrons. The summed E-state index contributed by atoms with van der Waals surface area (Å²) in [4.78, 5) is 4.71. The first kappa shape index (κ1) is 14.3. The van der Waals surface area contributed by atoms with E-state index in [1.165, 1.54) is 11.1 Å². The fourth-order valence-corrected chi connectivity index (χ4v) is 3.64. The van der Waals surface area contributed by atoms with Gasteiger partial charge in [-0.1, -0.05) is 43.0 Å². The largest absolute Gasteiger partial charge is 0.312 e. The van der Waals surface area contributed by atoms with Gasteiger partial charge in [-0.3, -0.25) is 0 Å². The van der Waals surface area contributed by atoms with Crippen molar-refractivity contribution in [1.29, 1.82) is 0 Å². The molecule has 1 aromatic carbocycles. The summed E-state index contributed by atoms with van der Waals surface area (Å²) in [5.41, 5.74) is 3.63. The van der Waals surface area contributed by atoms with Crippen molar-refractivity contribution in [3.05, 3.63) is 47.2 Å². The SMILES string of the molecule is CCc1ccc(-c2nc(CSc3nncn3C)cs2)cc1. The summed E-state index contributed by atoms with van der Waals surface area (Å²) in [5.74, 6) is 0.816. The molecular formula is C15H16N4S2. The number of thiazole rings is 1. The van der Waals surface area contributed by atoms with Gasteiger partial charge in [0.05, 0.1) is 5.69 Å². The Labute approximate surface area is 132 Å². The third-order valence-corrected chi connectivity index (χ3v) is 5.19. The molecule has 0 aliphatic rings. The van der Waals surface area contributed by atoms with Crippen molar-refractivity contribution in [2.45, 2.75) is 24.3 Å². The van der Waals surface area contributed by atoms with Crippen LogP contribution in [0.1, 0.15) is 18.2 Å². The number of thioether (sulfide) groups is 1. The van der Waals surface area contributed by atoms with Crippen LogP contribution in [0.5, 0.6) is 0 Å². The second-order valence-electron chi connectivity index (χ2n) is 4.71. The average molecular weight is 316 g/mol. The number of aryl methyl sites for hydroxylation is 2. The predicted octanol–water partition coefficient (Wildman–Crippen LogP) is 3.79. The molecule has 2 aromatic heterocycles. The molecule has 0 N–H and O–H groups in total. The molecule has 0 atom stereocenters. The van der Waals surface area contributed by atoms with E-state index in [1.54, 1.807) is 29.4 Å². The van der Waals surface area contributed by atoms with Crippen LogP contribution in [0.15, 0.2) is 41.1 Å². The molecule has 0 radical (unpaired) electrons. The summed E-state index contributed by atoms with van der Waals surface area (Å²) < 4.78 is 1.92. The number of aromatic nitrogens is 4. The zero-order valence-corrected chi connectivity index (χ0v) is 13.6. The second-order valence-corrected chi connectivity index (χ2v) is 6.51. The maximum Gasteiger partial charge on any atom is 0.191 e. The monoisotopic (exact) mass is 316 g/mol. The van der Waals surface area contributed by atoms with E-state index in [1.807, 2.05) is 11.6 Å². The van der Waals surface area contributed by atoms with Gasteiger partial charge in [-0.25, -0.2) is 4.98 Å². The Bertz CT molecular complexity index is 715. The third-order valence-electron chi connectivity index (χ3n) is 3.18. The van der Waals surface area contributed by atoms with E-state index in [0.717, 1.165) is 28.0 Å². The Morgan fingerprint density at radius 2 is 2.05 bits per heavy atom. The van der Waals surface area contributed by atoms with Gasteiger partial charge in [0.1, 0.15) is 11.3 Å².